The van der Waals surface area contributed by atoms with Crippen molar-refractivity contribution in [3.63, 3.8) is 0 Å². The number of anilines is 1. The lowest BCUT2D eigenvalue weighted by molar-refractivity contribution is 0.0696. The van der Waals surface area contributed by atoms with Crippen molar-refractivity contribution in [1.82, 2.24) is 0 Å². The largest absolute Gasteiger partial charge is 0.493 e. The van der Waals surface area contributed by atoms with Gasteiger partial charge in [-0.1, -0.05) is 24.6 Å². The molecule has 134 valence electrons. The highest BCUT2D eigenvalue weighted by atomic mass is 35.5. The Kier molecular flexibility index (Phi) is 6.53. The van der Waals surface area contributed by atoms with E-state index in [-0.39, 0.29) is 5.56 Å². The molecule has 0 saturated heterocycles. The van der Waals surface area contributed by atoms with E-state index in [0.29, 0.717) is 35.2 Å². The van der Waals surface area contributed by atoms with Gasteiger partial charge in [0.15, 0.2) is 11.5 Å². The maximum absolute atomic E-state index is 11.2. The van der Waals surface area contributed by atoms with Crippen LogP contribution in [0.15, 0.2) is 30.3 Å². The minimum Gasteiger partial charge on any atom is -0.493 e. The molecule has 0 aliphatic heterocycles. The molecule has 0 spiro atoms. The highest BCUT2D eigenvalue weighted by molar-refractivity contribution is 6.31. The fourth-order valence-corrected chi connectivity index (χ4v) is 2.67. The molecule has 2 aromatic rings. The fourth-order valence-electron chi connectivity index (χ4n) is 2.45. The van der Waals surface area contributed by atoms with Crippen LogP contribution in [-0.4, -0.2) is 24.8 Å². The first kappa shape index (κ1) is 18.9. The minimum absolute atomic E-state index is 0.275. The Labute approximate surface area is 152 Å². The van der Waals surface area contributed by atoms with Crippen LogP contribution < -0.4 is 14.8 Å². The van der Waals surface area contributed by atoms with Crippen LogP contribution in [0.4, 0.5) is 5.69 Å². The van der Waals surface area contributed by atoms with Crippen molar-refractivity contribution in [3.8, 4) is 11.5 Å². The Bertz CT molecular complexity index is 761. The first-order chi connectivity index (χ1) is 12.0. The molecule has 5 nitrogen and oxygen atoms in total. The monoisotopic (exact) mass is 363 g/mol. The number of nitrogens with one attached hydrogen (secondary N) is 1. The number of halogens is 1. The Morgan fingerprint density at radius 3 is 2.68 bits per heavy atom. The van der Waals surface area contributed by atoms with Crippen LogP contribution in [0.3, 0.4) is 0 Å². The smallest absolute Gasteiger partial charge is 0.336 e. The second-order valence-corrected chi connectivity index (χ2v) is 5.99. The lowest BCUT2D eigenvalue weighted by Crippen LogP contribution is -2.06. The van der Waals surface area contributed by atoms with E-state index in [4.69, 9.17) is 21.1 Å². The van der Waals surface area contributed by atoms with Crippen molar-refractivity contribution in [2.24, 2.45) is 0 Å². The molecule has 0 bridgehead atoms. The van der Waals surface area contributed by atoms with Crippen molar-refractivity contribution >= 4 is 23.3 Å². The molecular weight excluding hydrogens is 342 g/mol. The lowest BCUT2D eigenvalue weighted by Gasteiger charge is -2.15. The van der Waals surface area contributed by atoms with Crippen molar-refractivity contribution in [1.29, 1.82) is 0 Å². The number of benzene rings is 2. The molecule has 0 amide bonds. The molecule has 0 aromatic heterocycles. The number of ether oxygens (including phenoxy) is 2. The molecule has 0 saturated carbocycles. The van der Waals surface area contributed by atoms with Crippen LogP contribution in [0.1, 0.15) is 34.8 Å². The Morgan fingerprint density at radius 1 is 1.28 bits per heavy atom. The molecule has 0 radical (unpaired) electrons. The minimum atomic E-state index is -0.946. The predicted molar refractivity (Wildman–Crippen MR) is 99.3 cm³/mol. The van der Waals surface area contributed by atoms with Gasteiger partial charge >= 0.3 is 5.97 Å². The molecule has 2 aromatic carbocycles. The van der Waals surface area contributed by atoms with Crippen LogP contribution in [0, 0.1) is 6.92 Å². The second kappa shape index (κ2) is 8.62. The number of carboxylic acids is 1. The molecular formula is C19H22ClNO4. The van der Waals surface area contributed by atoms with Crippen molar-refractivity contribution in [2.45, 2.75) is 26.8 Å². The standard InChI is InChI=1S/C19H22ClNO4/c1-4-8-25-18-10-15(20)13(9-17(18)24-3)11-21-16-7-5-6-14(12(16)2)19(22)23/h5-7,9-10,21H,4,8,11H2,1-3H3,(H,22,23). The van der Waals surface area contributed by atoms with Gasteiger partial charge in [0, 0.05) is 23.3 Å². The van der Waals surface area contributed by atoms with Crippen molar-refractivity contribution < 1.29 is 19.4 Å². The van der Waals surface area contributed by atoms with E-state index in [0.717, 1.165) is 17.7 Å². The summed E-state index contributed by atoms with van der Waals surface area (Å²) in [4.78, 5) is 11.2. The maximum Gasteiger partial charge on any atom is 0.336 e. The maximum atomic E-state index is 11.2. The summed E-state index contributed by atoms with van der Waals surface area (Å²) in [5, 5.41) is 13.0. The summed E-state index contributed by atoms with van der Waals surface area (Å²) in [6.07, 6.45) is 0.892. The zero-order valence-electron chi connectivity index (χ0n) is 14.6. The number of methoxy groups -OCH3 is 1. The normalized spacial score (nSPS) is 10.4. The lowest BCUT2D eigenvalue weighted by atomic mass is 10.1. The number of hydrogen-bond donors (Lipinski definition) is 2. The highest BCUT2D eigenvalue weighted by Gasteiger charge is 2.13. The van der Waals surface area contributed by atoms with Crippen LogP contribution in [0.25, 0.3) is 0 Å². The summed E-state index contributed by atoms with van der Waals surface area (Å²) in [5.74, 6) is 0.283. The highest BCUT2D eigenvalue weighted by Crippen LogP contribution is 2.34. The Hall–Kier alpha value is -2.40. The van der Waals surface area contributed by atoms with Crippen LogP contribution in [0.2, 0.25) is 5.02 Å². The Morgan fingerprint density at radius 2 is 2.04 bits per heavy atom. The van der Waals surface area contributed by atoms with Crippen molar-refractivity contribution in [2.75, 3.05) is 19.0 Å². The summed E-state index contributed by atoms with van der Waals surface area (Å²) in [6, 6.07) is 8.71. The van der Waals surface area contributed by atoms with Gasteiger partial charge in [-0.25, -0.2) is 4.79 Å². The van der Waals surface area contributed by atoms with Gasteiger partial charge in [0.2, 0.25) is 0 Å². The van der Waals surface area contributed by atoms with E-state index in [2.05, 4.69) is 5.32 Å². The summed E-state index contributed by atoms with van der Waals surface area (Å²) in [5.41, 5.74) is 2.54. The molecule has 0 heterocycles. The number of rotatable bonds is 8. The molecule has 2 N–H and O–H groups in total. The molecule has 6 heteroatoms. The van der Waals surface area contributed by atoms with Gasteiger partial charge in [-0.15, -0.1) is 0 Å². The molecule has 0 unspecified atom stereocenters. The average Bonchev–Trinajstić information content (AvgIpc) is 2.59. The predicted octanol–water partition coefficient (Wildman–Crippen LogP) is 4.76. The molecule has 0 atom stereocenters. The summed E-state index contributed by atoms with van der Waals surface area (Å²) in [7, 11) is 1.58. The van der Waals surface area contributed by atoms with Crippen LogP contribution >= 0.6 is 11.6 Å². The van der Waals surface area contributed by atoms with Crippen molar-refractivity contribution in [3.05, 3.63) is 52.0 Å². The van der Waals surface area contributed by atoms with E-state index in [1.165, 1.54) is 0 Å². The van der Waals surface area contributed by atoms with Gasteiger partial charge in [0.1, 0.15) is 0 Å². The van der Waals surface area contributed by atoms with E-state index in [9.17, 15) is 9.90 Å². The summed E-state index contributed by atoms with van der Waals surface area (Å²) < 4.78 is 11.0. The van der Waals surface area contributed by atoms with E-state index in [1.807, 2.05) is 19.1 Å². The number of hydrogen-bond acceptors (Lipinski definition) is 4. The molecule has 2 rings (SSSR count). The molecule has 0 aliphatic carbocycles. The molecule has 0 aliphatic rings. The number of carbonyl (C=O) groups is 1. The summed E-state index contributed by atoms with van der Waals surface area (Å²) >= 11 is 6.36. The van der Waals surface area contributed by atoms with Gasteiger partial charge in [-0.3, -0.25) is 0 Å². The topological polar surface area (TPSA) is 67.8 Å². The van der Waals surface area contributed by atoms with E-state index < -0.39 is 5.97 Å². The first-order valence-corrected chi connectivity index (χ1v) is 8.41. The average molecular weight is 364 g/mol. The summed E-state index contributed by atoms with van der Waals surface area (Å²) in [6.45, 7) is 4.83. The van der Waals surface area contributed by atoms with E-state index >= 15 is 0 Å². The van der Waals surface area contributed by atoms with Crippen LogP contribution in [0.5, 0.6) is 11.5 Å². The van der Waals surface area contributed by atoms with Crippen LogP contribution in [-0.2, 0) is 6.54 Å². The fraction of sp³-hybridized carbons (Fsp3) is 0.316. The third-order valence-corrected chi connectivity index (χ3v) is 4.18. The number of aromatic carboxylic acids is 1. The third-order valence-electron chi connectivity index (χ3n) is 3.83. The third kappa shape index (κ3) is 4.57. The molecule has 0 fully saturated rings. The quantitative estimate of drug-likeness (QED) is 0.708. The SMILES string of the molecule is CCCOc1cc(Cl)c(CNc2cccc(C(=O)O)c2C)cc1OC. The first-order valence-electron chi connectivity index (χ1n) is 8.03. The van der Waals surface area contributed by atoms with Gasteiger partial charge in [0.25, 0.3) is 0 Å². The van der Waals surface area contributed by atoms with Gasteiger partial charge < -0.3 is 19.9 Å². The number of carboxylic acid groups (broad SMARTS) is 1. The Balaban J connectivity index is 2.21. The van der Waals surface area contributed by atoms with Gasteiger partial charge in [0.05, 0.1) is 19.3 Å². The van der Waals surface area contributed by atoms with E-state index in [1.54, 1.807) is 32.2 Å². The second-order valence-electron chi connectivity index (χ2n) is 5.58. The molecule has 25 heavy (non-hydrogen) atoms. The zero-order valence-corrected chi connectivity index (χ0v) is 15.3. The van der Waals surface area contributed by atoms with Gasteiger partial charge in [-0.2, -0.15) is 0 Å². The van der Waals surface area contributed by atoms with Gasteiger partial charge in [-0.05, 0) is 42.7 Å². The zero-order chi connectivity index (χ0) is 18.4.